The molecule has 130 valence electrons. The van der Waals surface area contributed by atoms with Crippen molar-refractivity contribution in [2.24, 2.45) is 5.92 Å². The molecule has 3 rings (SSSR count). The molecule has 1 amide bonds. The first-order chi connectivity index (χ1) is 12.0. The number of aromatic nitrogens is 1. The van der Waals surface area contributed by atoms with Crippen molar-refractivity contribution < 1.29 is 18.7 Å². The number of nitrogens with zero attached hydrogens (tertiary/aromatic N) is 2. The summed E-state index contributed by atoms with van der Waals surface area (Å²) >= 11 is 1.10. The fourth-order valence-electron chi connectivity index (χ4n) is 2.43. The smallest absolute Gasteiger partial charge is 0.316 e. The van der Waals surface area contributed by atoms with Crippen LogP contribution in [-0.2, 0) is 14.3 Å². The van der Waals surface area contributed by atoms with E-state index in [0.717, 1.165) is 24.6 Å². The van der Waals surface area contributed by atoms with Crippen molar-refractivity contribution in [2.75, 3.05) is 12.4 Å². The number of esters is 1. The topological polar surface area (TPSA) is 105 Å². The predicted octanol–water partition coefficient (Wildman–Crippen LogP) is 2.27. The zero-order chi connectivity index (χ0) is 17.9. The van der Waals surface area contributed by atoms with E-state index < -0.39 is 24.0 Å². The molecule has 1 N–H and O–H groups in total. The number of carbonyl (C=O) groups is 2. The second kappa shape index (κ2) is 7.15. The summed E-state index contributed by atoms with van der Waals surface area (Å²) in [7, 11) is 0. The first kappa shape index (κ1) is 17.3. The zero-order valence-corrected chi connectivity index (χ0v) is 14.5. The van der Waals surface area contributed by atoms with Crippen LogP contribution in [0.15, 0.2) is 33.9 Å². The van der Waals surface area contributed by atoms with E-state index in [-0.39, 0.29) is 11.7 Å². The van der Waals surface area contributed by atoms with E-state index in [0.29, 0.717) is 16.3 Å². The average molecular weight is 359 g/mol. The standard InChI is InChI=1S/C17H17N3O4S/c1-17(10-18,11-6-7-11)20-14(21)8-23-15(22)9-25-16-19-12-4-2-3-5-13(12)24-16/h2-5,11H,6-9H2,1H3,(H,20,21)/t17-/m0/s1. The third-order valence-electron chi connectivity index (χ3n) is 3.98. The minimum atomic E-state index is -0.892. The SMILES string of the molecule is C[C@@](C#N)(NC(=O)COC(=O)CSc1nc2ccccc2o1)C1CC1. The molecule has 1 saturated carbocycles. The largest absolute Gasteiger partial charge is 0.455 e. The van der Waals surface area contributed by atoms with Crippen molar-refractivity contribution >= 4 is 34.7 Å². The van der Waals surface area contributed by atoms with Gasteiger partial charge >= 0.3 is 5.97 Å². The molecule has 0 radical (unpaired) electrons. The Balaban J connectivity index is 1.43. The molecule has 1 aromatic heterocycles. The van der Waals surface area contributed by atoms with Crippen molar-refractivity contribution in [2.45, 2.75) is 30.5 Å². The Kier molecular flexibility index (Phi) is 4.95. The van der Waals surface area contributed by atoms with Crippen LogP contribution in [0.2, 0.25) is 0 Å². The molecule has 1 aromatic carbocycles. The van der Waals surface area contributed by atoms with Gasteiger partial charge in [0.2, 0.25) is 0 Å². The summed E-state index contributed by atoms with van der Waals surface area (Å²) in [6.45, 7) is 1.28. The number of nitriles is 1. The van der Waals surface area contributed by atoms with Crippen LogP contribution in [0.4, 0.5) is 0 Å². The van der Waals surface area contributed by atoms with Crippen LogP contribution in [0.25, 0.3) is 11.1 Å². The van der Waals surface area contributed by atoms with Gasteiger partial charge in [0.25, 0.3) is 11.1 Å². The number of rotatable bonds is 7. The van der Waals surface area contributed by atoms with Gasteiger partial charge in [-0.2, -0.15) is 5.26 Å². The molecule has 1 fully saturated rings. The fourth-order valence-corrected chi connectivity index (χ4v) is 3.07. The van der Waals surface area contributed by atoms with Crippen molar-refractivity contribution in [3.63, 3.8) is 0 Å². The van der Waals surface area contributed by atoms with Crippen molar-refractivity contribution in [1.29, 1.82) is 5.26 Å². The lowest BCUT2D eigenvalue weighted by atomic mass is 9.98. The molecule has 8 heteroatoms. The summed E-state index contributed by atoms with van der Waals surface area (Å²) < 4.78 is 10.4. The van der Waals surface area contributed by atoms with Crippen molar-refractivity contribution in [3.8, 4) is 6.07 Å². The lowest BCUT2D eigenvalue weighted by Crippen LogP contribution is -2.48. The Morgan fingerprint density at radius 2 is 2.24 bits per heavy atom. The van der Waals surface area contributed by atoms with Crippen LogP contribution in [0.3, 0.4) is 0 Å². The number of nitrogens with one attached hydrogen (secondary N) is 1. The van der Waals surface area contributed by atoms with E-state index in [9.17, 15) is 14.9 Å². The van der Waals surface area contributed by atoms with Crippen LogP contribution in [0, 0.1) is 17.2 Å². The summed E-state index contributed by atoms with van der Waals surface area (Å²) in [5.74, 6) is -0.867. The van der Waals surface area contributed by atoms with Gasteiger partial charge in [0.1, 0.15) is 16.8 Å². The summed E-state index contributed by atoms with van der Waals surface area (Å²) in [5.41, 5.74) is 0.471. The van der Waals surface area contributed by atoms with Gasteiger partial charge in [-0.05, 0) is 37.8 Å². The van der Waals surface area contributed by atoms with Gasteiger partial charge in [0.15, 0.2) is 12.2 Å². The first-order valence-corrected chi connectivity index (χ1v) is 8.85. The highest BCUT2D eigenvalue weighted by molar-refractivity contribution is 7.99. The van der Waals surface area contributed by atoms with Crippen LogP contribution in [0.5, 0.6) is 0 Å². The quantitative estimate of drug-likeness (QED) is 0.597. The third-order valence-corrected chi connectivity index (χ3v) is 4.78. The van der Waals surface area contributed by atoms with Crippen LogP contribution >= 0.6 is 11.8 Å². The Morgan fingerprint density at radius 1 is 1.48 bits per heavy atom. The third kappa shape index (κ3) is 4.31. The molecule has 0 aliphatic heterocycles. The second-order valence-corrected chi connectivity index (χ2v) is 6.96. The molecule has 0 spiro atoms. The van der Waals surface area contributed by atoms with Gasteiger partial charge in [0, 0.05) is 0 Å². The van der Waals surface area contributed by atoms with E-state index in [1.807, 2.05) is 18.2 Å². The Labute approximate surface area is 148 Å². The molecule has 1 aliphatic carbocycles. The zero-order valence-electron chi connectivity index (χ0n) is 13.7. The number of hydrogen-bond acceptors (Lipinski definition) is 7. The van der Waals surface area contributed by atoms with Gasteiger partial charge < -0.3 is 14.5 Å². The molecule has 1 heterocycles. The normalized spacial score (nSPS) is 16.0. The van der Waals surface area contributed by atoms with E-state index in [4.69, 9.17) is 9.15 Å². The van der Waals surface area contributed by atoms with Crippen LogP contribution < -0.4 is 5.32 Å². The van der Waals surface area contributed by atoms with Crippen LogP contribution in [0.1, 0.15) is 19.8 Å². The fraction of sp³-hybridized carbons (Fsp3) is 0.412. The number of hydrogen-bond donors (Lipinski definition) is 1. The predicted molar refractivity (Wildman–Crippen MR) is 90.6 cm³/mol. The molecular formula is C17H17N3O4S. The number of amides is 1. The maximum Gasteiger partial charge on any atom is 0.316 e. The molecule has 1 atom stereocenters. The number of ether oxygens (including phenoxy) is 1. The molecule has 7 nitrogen and oxygen atoms in total. The average Bonchev–Trinajstić information content (AvgIpc) is 3.38. The van der Waals surface area contributed by atoms with Crippen LogP contribution in [-0.4, -0.2) is 34.8 Å². The number of carbonyl (C=O) groups excluding carboxylic acids is 2. The lowest BCUT2D eigenvalue weighted by molar-refractivity contribution is -0.146. The molecule has 1 aliphatic rings. The van der Waals surface area contributed by atoms with Crippen molar-refractivity contribution in [3.05, 3.63) is 24.3 Å². The van der Waals surface area contributed by atoms with Gasteiger partial charge in [-0.25, -0.2) is 4.98 Å². The van der Waals surface area contributed by atoms with Gasteiger partial charge in [-0.1, -0.05) is 23.9 Å². The molecule has 0 unspecified atom stereocenters. The minimum Gasteiger partial charge on any atom is -0.455 e. The number of para-hydroxylation sites is 2. The number of oxazole rings is 1. The van der Waals surface area contributed by atoms with Crippen molar-refractivity contribution in [1.82, 2.24) is 10.3 Å². The summed E-state index contributed by atoms with van der Waals surface area (Å²) in [4.78, 5) is 27.9. The Bertz CT molecular complexity index is 807. The first-order valence-electron chi connectivity index (χ1n) is 7.86. The van der Waals surface area contributed by atoms with Gasteiger partial charge in [-0.3, -0.25) is 9.59 Å². The molecule has 25 heavy (non-hydrogen) atoms. The maximum atomic E-state index is 11.9. The molecular weight excluding hydrogens is 342 g/mol. The number of thioether (sulfide) groups is 1. The summed E-state index contributed by atoms with van der Waals surface area (Å²) in [6.07, 6.45) is 1.84. The second-order valence-electron chi connectivity index (χ2n) is 6.03. The minimum absolute atomic E-state index is 0.0156. The van der Waals surface area contributed by atoms with Gasteiger partial charge in [0.05, 0.1) is 6.07 Å². The lowest BCUT2D eigenvalue weighted by Gasteiger charge is -2.22. The molecule has 2 aromatic rings. The van der Waals surface area contributed by atoms with Gasteiger partial charge in [-0.15, -0.1) is 0 Å². The monoisotopic (exact) mass is 359 g/mol. The molecule has 0 bridgehead atoms. The highest BCUT2D eigenvalue weighted by Gasteiger charge is 2.43. The maximum absolute atomic E-state index is 11.9. The van der Waals surface area contributed by atoms with E-state index >= 15 is 0 Å². The summed E-state index contributed by atoms with van der Waals surface area (Å²) in [5, 5.41) is 12.2. The number of benzene rings is 1. The van der Waals surface area contributed by atoms with E-state index in [1.165, 1.54) is 0 Å². The molecule has 0 saturated heterocycles. The number of fused-ring (bicyclic) bond motifs is 1. The highest BCUT2D eigenvalue weighted by Crippen LogP contribution is 2.39. The van der Waals surface area contributed by atoms with E-state index in [2.05, 4.69) is 16.4 Å². The summed E-state index contributed by atoms with van der Waals surface area (Å²) in [6, 6.07) is 9.42. The Hall–Kier alpha value is -2.53. The van der Waals surface area contributed by atoms with E-state index in [1.54, 1.807) is 13.0 Å². The Morgan fingerprint density at radius 3 is 2.92 bits per heavy atom. The highest BCUT2D eigenvalue weighted by atomic mass is 32.2.